The molecular formula is C15H13N7O3. The third kappa shape index (κ3) is 2.80. The number of hydrogen-bond acceptors (Lipinski definition) is 9. The van der Waals surface area contributed by atoms with Crippen molar-refractivity contribution in [1.82, 2.24) is 30.1 Å². The van der Waals surface area contributed by atoms with Gasteiger partial charge in [-0.1, -0.05) is 5.10 Å². The van der Waals surface area contributed by atoms with Crippen molar-refractivity contribution in [3.63, 3.8) is 0 Å². The minimum atomic E-state index is 0.191. The molecule has 10 heteroatoms. The van der Waals surface area contributed by atoms with Crippen molar-refractivity contribution in [2.75, 3.05) is 19.5 Å². The van der Waals surface area contributed by atoms with E-state index < -0.39 is 0 Å². The third-order valence-electron chi connectivity index (χ3n) is 3.40. The summed E-state index contributed by atoms with van der Waals surface area (Å²) in [4.78, 5) is 15.7. The van der Waals surface area contributed by atoms with Gasteiger partial charge in [-0.05, 0) is 12.1 Å². The summed E-state index contributed by atoms with van der Waals surface area (Å²) < 4.78 is 15.8. The Balaban J connectivity index is 1.58. The van der Waals surface area contributed by atoms with Crippen molar-refractivity contribution in [3.8, 4) is 23.2 Å². The van der Waals surface area contributed by atoms with Crippen LogP contribution in [0.3, 0.4) is 0 Å². The molecule has 2 N–H and O–H groups in total. The molecule has 25 heavy (non-hydrogen) atoms. The maximum atomic E-state index is 5.58. The zero-order valence-corrected chi connectivity index (χ0v) is 13.3. The van der Waals surface area contributed by atoms with Gasteiger partial charge in [0.05, 0.1) is 25.3 Å². The number of imidazole rings is 1. The number of anilines is 2. The van der Waals surface area contributed by atoms with E-state index in [0.717, 1.165) is 5.52 Å². The average Bonchev–Trinajstić information content (AvgIpc) is 3.28. The maximum Gasteiger partial charge on any atom is 0.322 e. The minimum absolute atomic E-state index is 0.191. The molecule has 4 aromatic rings. The van der Waals surface area contributed by atoms with Gasteiger partial charge in [0.15, 0.2) is 5.52 Å². The monoisotopic (exact) mass is 339 g/mol. The summed E-state index contributed by atoms with van der Waals surface area (Å²) in [5, 5.41) is 10.9. The summed E-state index contributed by atoms with van der Waals surface area (Å²) in [6.45, 7) is 0. The molecule has 4 rings (SSSR count). The van der Waals surface area contributed by atoms with Crippen LogP contribution in [0, 0.1) is 0 Å². The second-order valence-electron chi connectivity index (χ2n) is 4.93. The number of fused-ring (bicyclic) bond motifs is 1. The molecule has 0 fully saturated rings. The van der Waals surface area contributed by atoms with Crippen LogP contribution in [0.4, 0.5) is 12.0 Å². The number of methoxy groups -OCH3 is 2. The Morgan fingerprint density at radius 2 is 2.00 bits per heavy atom. The number of pyridine rings is 2. The largest absolute Gasteiger partial charge is 0.481 e. The van der Waals surface area contributed by atoms with E-state index in [1.165, 1.54) is 7.11 Å². The zero-order valence-electron chi connectivity index (χ0n) is 13.3. The highest BCUT2D eigenvalue weighted by atomic mass is 16.5. The first-order valence-electron chi connectivity index (χ1n) is 7.26. The molecule has 4 aromatic heterocycles. The van der Waals surface area contributed by atoms with E-state index in [9.17, 15) is 0 Å². The fraction of sp³-hybridized carbons (Fsp3) is 0.133. The van der Waals surface area contributed by atoms with Crippen LogP contribution >= 0.6 is 0 Å². The van der Waals surface area contributed by atoms with Crippen LogP contribution in [-0.2, 0) is 0 Å². The Kier molecular flexibility index (Phi) is 3.61. The third-order valence-corrected chi connectivity index (χ3v) is 3.40. The topological polar surface area (TPSA) is 124 Å². The number of nitrogens with zero attached hydrogens (tertiary/aromatic N) is 5. The number of aromatic amines is 1. The summed E-state index contributed by atoms with van der Waals surface area (Å²) >= 11 is 0. The van der Waals surface area contributed by atoms with Crippen LogP contribution in [0.25, 0.3) is 22.5 Å². The molecule has 0 spiro atoms. The molecule has 0 atom stereocenters. The van der Waals surface area contributed by atoms with E-state index in [-0.39, 0.29) is 6.01 Å². The molecule has 0 bridgehead atoms. The van der Waals surface area contributed by atoms with Crippen molar-refractivity contribution < 1.29 is 13.9 Å². The van der Waals surface area contributed by atoms with Crippen LogP contribution in [0.15, 0.2) is 35.0 Å². The summed E-state index contributed by atoms with van der Waals surface area (Å²) in [6, 6.07) is 5.47. The molecule has 0 aliphatic rings. The normalized spacial score (nSPS) is 10.8. The first kappa shape index (κ1) is 14.9. The Hall–Kier alpha value is -3.69. The molecule has 4 heterocycles. The lowest BCUT2D eigenvalue weighted by molar-refractivity contribution is 0.398. The molecule has 0 saturated carbocycles. The summed E-state index contributed by atoms with van der Waals surface area (Å²) in [7, 11) is 3.09. The molecule has 0 saturated heterocycles. The quantitative estimate of drug-likeness (QED) is 0.562. The van der Waals surface area contributed by atoms with Gasteiger partial charge in [0.1, 0.15) is 0 Å². The van der Waals surface area contributed by atoms with Crippen LogP contribution in [0.2, 0.25) is 0 Å². The molecule has 0 aromatic carbocycles. The molecule has 0 aliphatic heterocycles. The second-order valence-corrected chi connectivity index (χ2v) is 4.93. The Morgan fingerprint density at radius 3 is 2.76 bits per heavy atom. The number of hydrogen-bond donors (Lipinski definition) is 2. The first-order valence-corrected chi connectivity index (χ1v) is 7.26. The molecule has 0 aliphatic carbocycles. The Morgan fingerprint density at radius 1 is 1.08 bits per heavy atom. The first-order chi connectivity index (χ1) is 12.3. The van der Waals surface area contributed by atoms with Gasteiger partial charge >= 0.3 is 6.01 Å². The zero-order chi connectivity index (χ0) is 17.2. The lowest BCUT2D eigenvalue weighted by Gasteiger charge is -1.98. The highest BCUT2D eigenvalue weighted by Crippen LogP contribution is 2.25. The SMILES string of the molecule is COc1ccc(-c2nnc(Nc3nc4c(OC)nccc4[nH]3)o2)cn1. The van der Waals surface area contributed by atoms with Gasteiger partial charge in [0.2, 0.25) is 17.7 Å². The van der Waals surface area contributed by atoms with E-state index >= 15 is 0 Å². The Labute approximate surface area is 141 Å². The highest BCUT2D eigenvalue weighted by molar-refractivity contribution is 5.82. The van der Waals surface area contributed by atoms with Crippen molar-refractivity contribution in [1.29, 1.82) is 0 Å². The number of H-pyrrole nitrogens is 1. The lowest BCUT2D eigenvalue weighted by atomic mass is 10.3. The smallest absolute Gasteiger partial charge is 0.322 e. The Bertz CT molecular complexity index is 1010. The van der Waals surface area contributed by atoms with E-state index in [1.807, 2.05) is 0 Å². The van der Waals surface area contributed by atoms with Gasteiger partial charge in [0.25, 0.3) is 5.89 Å². The van der Waals surface area contributed by atoms with Gasteiger partial charge in [-0.15, -0.1) is 5.10 Å². The van der Waals surface area contributed by atoms with Crippen molar-refractivity contribution in [2.24, 2.45) is 0 Å². The van der Waals surface area contributed by atoms with Crippen LogP contribution < -0.4 is 14.8 Å². The molecular weight excluding hydrogens is 326 g/mol. The van der Waals surface area contributed by atoms with E-state index in [1.54, 1.807) is 37.7 Å². The highest BCUT2D eigenvalue weighted by Gasteiger charge is 2.13. The van der Waals surface area contributed by atoms with Crippen LogP contribution in [0.5, 0.6) is 11.8 Å². The van der Waals surface area contributed by atoms with Crippen LogP contribution in [0.1, 0.15) is 0 Å². The standard InChI is InChI=1S/C15H13N7O3/c1-23-10-4-3-8(7-17-10)12-21-22-15(25-12)20-14-18-9-5-6-16-13(24-2)11(9)19-14/h3-7H,1-2H3,(H2,18,19,20,22). The number of rotatable bonds is 5. The van der Waals surface area contributed by atoms with Gasteiger partial charge in [-0.3, -0.25) is 5.32 Å². The molecule has 0 amide bonds. The van der Waals surface area contributed by atoms with E-state index in [4.69, 9.17) is 13.9 Å². The van der Waals surface area contributed by atoms with Gasteiger partial charge in [-0.25, -0.2) is 15.0 Å². The van der Waals surface area contributed by atoms with E-state index in [2.05, 4.69) is 35.5 Å². The van der Waals surface area contributed by atoms with Gasteiger partial charge < -0.3 is 18.9 Å². The fourth-order valence-electron chi connectivity index (χ4n) is 2.24. The molecule has 0 radical (unpaired) electrons. The van der Waals surface area contributed by atoms with Crippen molar-refractivity contribution >= 4 is 23.0 Å². The van der Waals surface area contributed by atoms with Crippen LogP contribution in [-0.4, -0.2) is 44.4 Å². The number of aromatic nitrogens is 6. The second kappa shape index (κ2) is 6.07. The summed E-state index contributed by atoms with van der Waals surface area (Å²) in [5.41, 5.74) is 2.05. The lowest BCUT2D eigenvalue weighted by Crippen LogP contribution is -1.92. The van der Waals surface area contributed by atoms with Gasteiger partial charge in [0, 0.05) is 18.5 Å². The fourth-order valence-corrected chi connectivity index (χ4v) is 2.24. The van der Waals surface area contributed by atoms with Crippen molar-refractivity contribution in [2.45, 2.75) is 0 Å². The van der Waals surface area contributed by atoms with E-state index in [0.29, 0.717) is 34.7 Å². The number of nitrogens with one attached hydrogen (secondary N) is 2. The maximum absolute atomic E-state index is 5.58. The van der Waals surface area contributed by atoms with Gasteiger partial charge in [-0.2, -0.15) is 0 Å². The minimum Gasteiger partial charge on any atom is -0.481 e. The number of ether oxygens (including phenoxy) is 2. The predicted molar refractivity (Wildman–Crippen MR) is 87.8 cm³/mol. The summed E-state index contributed by atoms with van der Waals surface area (Å²) in [6.07, 6.45) is 3.22. The molecule has 0 unspecified atom stereocenters. The molecule has 126 valence electrons. The van der Waals surface area contributed by atoms with Crippen molar-refractivity contribution in [3.05, 3.63) is 30.6 Å². The summed E-state index contributed by atoms with van der Waals surface area (Å²) in [5.74, 6) is 1.70. The predicted octanol–water partition coefficient (Wildman–Crippen LogP) is 2.16. The molecule has 10 nitrogen and oxygen atoms in total. The average molecular weight is 339 g/mol.